The molecule has 1 aliphatic carbocycles. The van der Waals surface area contributed by atoms with Gasteiger partial charge >= 0.3 is 0 Å². The Labute approximate surface area is 141 Å². The van der Waals surface area contributed by atoms with E-state index in [0.717, 1.165) is 23.7 Å². The Balaban J connectivity index is 2.17. The molecule has 0 unspecified atom stereocenters. The molecule has 0 amide bonds. The molecule has 0 atom stereocenters. The average molecular weight is 334 g/mol. The van der Waals surface area contributed by atoms with Crippen LogP contribution in [0.4, 0.5) is 5.82 Å². The third-order valence-electron chi connectivity index (χ3n) is 4.71. The molecule has 124 valence electrons. The molecule has 0 aliphatic heterocycles. The molecule has 2 aromatic rings. The SMILES string of the molecule is COc1cc2[nH]c(=S)[n+](C3CCCCCC3)c(N)c2cc1OC. The minimum Gasteiger partial charge on any atom is -0.493 e. The van der Waals surface area contributed by atoms with Gasteiger partial charge in [0.25, 0.3) is 4.77 Å². The van der Waals surface area contributed by atoms with Crippen molar-refractivity contribution in [2.24, 2.45) is 0 Å². The maximum Gasteiger partial charge on any atom is 0.295 e. The maximum absolute atomic E-state index is 6.50. The first-order valence-electron chi connectivity index (χ1n) is 8.14. The Morgan fingerprint density at radius 2 is 1.70 bits per heavy atom. The van der Waals surface area contributed by atoms with Crippen molar-refractivity contribution in [3.63, 3.8) is 0 Å². The largest absolute Gasteiger partial charge is 0.493 e. The van der Waals surface area contributed by atoms with Crippen molar-refractivity contribution >= 4 is 28.9 Å². The summed E-state index contributed by atoms with van der Waals surface area (Å²) < 4.78 is 13.5. The van der Waals surface area contributed by atoms with Gasteiger partial charge in [-0.05, 0) is 37.9 Å². The van der Waals surface area contributed by atoms with E-state index in [0.29, 0.717) is 28.1 Å². The highest BCUT2D eigenvalue weighted by molar-refractivity contribution is 7.71. The van der Waals surface area contributed by atoms with Crippen LogP contribution < -0.4 is 19.8 Å². The number of nitrogen functional groups attached to an aromatic ring is 1. The molecule has 0 bridgehead atoms. The molecular weight excluding hydrogens is 310 g/mol. The minimum atomic E-state index is 0.374. The minimum absolute atomic E-state index is 0.374. The summed E-state index contributed by atoms with van der Waals surface area (Å²) in [6, 6.07) is 4.18. The fraction of sp³-hybridized carbons (Fsp3) is 0.529. The molecule has 1 aromatic heterocycles. The van der Waals surface area contributed by atoms with Gasteiger partial charge in [0, 0.05) is 12.1 Å². The van der Waals surface area contributed by atoms with Gasteiger partial charge in [-0.1, -0.05) is 12.8 Å². The van der Waals surface area contributed by atoms with Crippen LogP contribution in [-0.2, 0) is 0 Å². The number of H-pyrrole nitrogens is 1. The monoisotopic (exact) mass is 334 g/mol. The number of nitrogens with two attached hydrogens (primary N) is 1. The van der Waals surface area contributed by atoms with Crippen LogP contribution in [0.1, 0.15) is 44.6 Å². The lowest BCUT2D eigenvalue weighted by atomic mass is 10.1. The van der Waals surface area contributed by atoms with Crippen LogP contribution in [0.15, 0.2) is 12.1 Å². The van der Waals surface area contributed by atoms with Crippen LogP contribution in [0.25, 0.3) is 10.9 Å². The second kappa shape index (κ2) is 6.74. The number of benzene rings is 1. The number of aromatic nitrogens is 2. The van der Waals surface area contributed by atoms with Crippen LogP contribution in [0.5, 0.6) is 11.5 Å². The molecule has 0 spiro atoms. The Morgan fingerprint density at radius 1 is 1.09 bits per heavy atom. The van der Waals surface area contributed by atoms with Crippen LogP contribution in [0, 0.1) is 4.77 Å². The normalized spacial score (nSPS) is 16.3. The summed E-state index contributed by atoms with van der Waals surface area (Å²) in [7, 11) is 3.25. The van der Waals surface area contributed by atoms with E-state index in [2.05, 4.69) is 9.55 Å². The fourth-order valence-electron chi connectivity index (χ4n) is 3.49. The number of rotatable bonds is 3. The van der Waals surface area contributed by atoms with Gasteiger partial charge in [0.1, 0.15) is 5.52 Å². The predicted octanol–water partition coefficient (Wildman–Crippen LogP) is 3.68. The number of aromatic amines is 1. The number of nitrogens with zero attached hydrogens (tertiary/aromatic N) is 1. The molecule has 1 aliphatic rings. The molecule has 3 N–H and O–H groups in total. The van der Waals surface area contributed by atoms with Crippen molar-refractivity contribution < 1.29 is 14.0 Å². The molecule has 0 radical (unpaired) electrons. The number of hydrogen-bond acceptors (Lipinski definition) is 4. The van der Waals surface area contributed by atoms with E-state index in [1.54, 1.807) is 14.2 Å². The first kappa shape index (κ1) is 16.1. The Morgan fingerprint density at radius 3 is 2.30 bits per heavy atom. The first-order chi connectivity index (χ1) is 11.2. The summed E-state index contributed by atoms with van der Waals surface area (Å²) in [5, 5.41) is 0.917. The van der Waals surface area contributed by atoms with E-state index in [1.165, 1.54) is 25.7 Å². The highest BCUT2D eigenvalue weighted by atomic mass is 32.1. The van der Waals surface area contributed by atoms with Gasteiger partial charge in [-0.25, -0.2) is 4.57 Å². The van der Waals surface area contributed by atoms with Gasteiger partial charge < -0.3 is 15.2 Å². The van der Waals surface area contributed by atoms with Gasteiger partial charge in [0.05, 0.1) is 25.6 Å². The second-order valence-electron chi connectivity index (χ2n) is 6.08. The summed E-state index contributed by atoms with van der Waals surface area (Å²) >= 11 is 5.59. The first-order valence-corrected chi connectivity index (χ1v) is 8.55. The smallest absolute Gasteiger partial charge is 0.295 e. The van der Waals surface area contributed by atoms with Crippen LogP contribution in [0.2, 0.25) is 0 Å². The average Bonchev–Trinajstić information content (AvgIpc) is 2.83. The topological polar surface area (TPSA) is 64.2 Å². The van der Waals surface area contributed by atoms with Crippen molar-refractivity contribution in [3.05, 3.63) is 16.9 Å². The molecule has 5 nitrogen and oxygen atoms in total. The van der Waals surface area contributed by atoms with E-state index in [4.69, 9.17) is 27.4 Å². The fourth-order valence-corrected chi connectivity index (χ4v) is 3.84. The van der Waals surface area contributed by atoms with Crippen molar-refractivity contribution in [3.8, 4) is 11.5 Å². The standard InChI is InChI=1S/C17H23N3O2S/c1-21-14-9-12-13(10-15(14)22-2)19-17(23)20(16(12)18)11-7-5-3-4-6-8-11/h9-11H,3-8H2,1-2H3,(H2,18,19,23)/p+1. The van der Waals surface area contributed by atoms with E-state index in [-0.39, 0.29) is 0 Å². The van der Waals surface area contributed by atoms with Crippen molar-refractivity contribution in [1.82, 2.24) is 4.98 Å². The number of hydrogen-bond donors (Lipinski definition) is 2. The third kappa shape index (κ3) is 3.00. The highest BCUT2D eigenvalue weighted by Gasteiger charge is 2.23. The summed E-state index contributed by atoms with van der Waals surface area (Å²) in [5.41, 5.74) is 7.37. The molecular formula is C17H24N3O2S+. The van der Waals surface area contributed by atoms with Crippen molar-refractivity contribution in [2.45, 2.75) is 44.6 Å². The van der Waals surface area contributed by atoms with Crippen molar-refractivity contribution in [2.75, 3.05) is 20.0 Å². The molecule has 1 saturated carbocycles. The highest BCUT2D eigenvalue weighted by Crippen LogP contribution is 2.33. The number of fused-ring (bicyclic) bond motifs is 1. The van der Waals surface area contributed by atoms with Gasteiger partial charge in [0.15, 0.2) is 11.5 Å². The summed E-state index contributed by atoms with van der Waals surface area (Å²) in [6.07, 6.45) is 7.32. The van der Waals surface area contributed by atoms with Crippen molar-refractivity contribution in [1.29, 1.82) is 0 Å². The number of nitrogens with one attached hydrogen (secondary N) is 1. The third-order valence-corrected chi connectivity index (χ3v) is 5.01. The Bertz CT molecular complexity index is 765. The lowest BCUT2D eigenvalue weighted by molar-refractivity contribution is -0.718. The molecule has 1 aromatic carbocycles. The zero-order chi connectivity index (χ0) is 16.4. The van der Waals surface area contributed by atoms with Crippen LogP contribution in [-0.4, -0.2) is 19.2 Å². The predicted molar refractivity (Wildman–Crippen MR) is 93.6 cm³/mol. The number of methoxy groups -OCH3 is 2. The van der Waals surface area contributed by atoms with Gasteiger partial charge in [-0.15, -0.1) is 0 Å². The summed E-state index contributed by atoms with van der Waals surface area (Å²) in [6.45, 7) is 0. The summed E-state index contributed by atoms with van der Waals surface area (Å²) in [4.78, 5) is 3.31. The van der Waals surface area contributed by atoms with E-state index in [1.807, 2.05) is 12.1 Å². The molecule has 23 heavy (non-hydrogen) atoms. The second-order valence-corrected chi connectivity index (χ2v) is 6.47. The van der Waals surface area contributed by atoms with Gasteiger partial charge in [-0.3, -0.25) is 4.98 Å². The number of ether oxygens (including phenoxy) is 2. The lowest BCUT2D eigenvalue weighted by Gasteiger charge is -2.17. The van der Waals surface area contributed by atoms with Gasteiger partial charge in [-0.2, -0.15) is 0 Å². The molecule has 3 rings (SSSR count). The lowest BCUT2D eigenvalue weighted by Crippen LogP contribution is -2.44. The van der Waals surface area contributed by atoms with Gasteiger partial charge in [0.2, 0.25) is 5.82 Å². The Hall–Kier alpha value is -1.82. The van der Waals surface area contributed by atoms with E-state index >= 15 is 0 Å². The zero-order valence-corrected chi connectivity index (χ0v) is 14.5. The molecule has 1 fully saturated rings. The molecule has 1 heterocycles. The molecule has 0 saturated heterocycles. The molecule has 6 heteroatoms. The quantitative estimate of drug-likeness (QED) is 0.510. The van der Waals surface area contributed by atoms with E-state index < -0.39 is 0 Å². The Kier molecular flexibility index (Phi) is 4.71. The summed E-state index contributed by atoms with van der Waals surface area (Å²) in [5.74, 6) is 2.04. The maximum atomic E-state index is 6.50. The zero-order valence-electron chi connectivity index (χ0n) is 13.7. The van der Waals surface area contributed by atoms with Crippen LogP contribution in [0.3, 0.4) is 0 Å². The van der Waals surface area contributed by atoms with Crippen LogP contribution >= 0.6 is 12.2 Å². The van der Waals surface area contributed by atoms with E-state index in [9.17, 15) is 0 Å². The number of anilines is 1.